The Balaban J connectivity index is 1.85. The zero-order valence-electron chi connectivity index (χ0n) is 16.9. The average Bonchev–Trinajstić information content (AvgIpc) is 3.23. The minimum Gasteiger partial charge on any atom is -0.493 e. The third-order valence-electron chi connectivity index (χ3n) is 5.64. The van der Waals surface area contributed by atoms with Crippen LogP contribution in [0, 0.1) is 0 Å². The Bertz CT molecular complexity index is 887. The number of hydrogen-bond acceptors (Lipinski definition) is 4. The predicted octanol–water partition coefficient (Wildman–Crippen LogP) is 4.17. The van der Waals surface area contributed by atoms with E-state index >= 15 is 0 Å². The van der Waals surface area contributed by atoms with Crippen LogP contribution in [0.5, 0.6) is 11.5 Å². The van der Waals surface area contributed by atoms with E-state index in [0.29, 0.717) is 23.6 Å². The maximum atomic E-state index is 13.4. The van der Waals surface area contributed by atoms with E-state index in [2.05, 4.69) is 5.32 Å². The van der Waals surface area contributed by atoms with E-state index < -0.39 is 11.4 Å². The average molecular weight is 397 g/mol. The lowest BCUT2D eigenvalue weighted by atomic mass is 9.77. The smallest absolute Gasteiger partial charge is 0.303 e. The zero-order valence-corrected chi connectivity index (χ0v) is 16.9. The highest BCUT2D eigenvalue weighted by Gasteiger charge is 2.43. The monoisotopic (exact) mass is 397 g/mol. The topological polar surface area (TPSA) is 84.9 Å². The second kappa shape index (κ2) is 8.99. The number of nitrogens with one attached hydrogen (secondary N) is 1. The number of ether oxygens (including phenoxy) is 2. The Hall–Kier alpha value is -3.02. The van der Waals surface area contributed by atoms with Gasteiger partial charge in [0.2, 0.25) is 5.91 Å². The molecular formula is C23H27NO5. The summed E-state index contributed by atoms with van der Waals surface area (Å²) in [5.74, 6) is 0.367. The number of rotatable bonds is 8. The van der Waals surface area contributed by atoms with E-state index in [0.717, 1.165) is 36.8 Å². The fraction of sp³-hybridized carbons (Fsp3) is 0.391. The van der Waals surface area contributed by atoms with Gasteiger partial charge in [0.05, 0.1) is 19.6 Å². The van der Waals surface area contributed by atoms with Crippen LogP contribution in [-0.2, 0) is 21.4 Å². The van der Waals surface area contributed by atoms with Gasteiger partial charge in [-0.05, 0) is 54.7 Å². The normalized spacial score (nSPS) is 15.0. The molecule has 0 spiro atoms. The number of carboxylic acid groups (broad SMARTS) is 1. The minimum absolute atomic E-state index is 0.0439. The highest BCUT2D eigenvalue weighted by molar-refractivity contribution is 5.99. The summed E-state index contributed by atoms with van der Waals surface area (Å²) < 4.78 is 10.8. The molecule has 1 aliphatic carbocycles. The number of methoxy groups -OCH3 is 2. The number of anilines is 1. The Morgan fingerprint density at radius 2 is 1.76 bits per heavy atom. The maximum absolute atomic E-state index is 13.4. The van der Waals surface area contributed by atoms with Crippen molar-refractivity contribution in [3.8, 4) is 11.5 Å². The molecule has 6 nitrogen and oxygen atoms in total. The molecular weight excluding hydrogens is 370 g/mol. The minimum atomic E-state index is -0.835. The Kier molecular flexibility index (Phi) is 6.42. The Morgan fingerprint density at radius 3 is 2.41 bits per heavy atom. The van der Waals surface area contributed by atoms with Gasteiger partial charge in [-0.15, -0.1) is 0 Å². The molecule has 0 aromatic heterocycles. The molecule has 0 saturated heterocycles. The number of hydrogen-bond donors (Lipinski definition) is 2. The highest BCUT2D eigenvalue weighted by Crippen LogP contribution is 2.44. The van der Waals surface area contributed by atoms with Crippen LogP contribution in [0.1, 0.15) is 43.2 Å². The number of aryl methyl sites for hydroxylation is 1. The number of carbonyl (C=O) groups is 2. The van der Waals surface area contributed by atoms with Crippen LogP contribution in [0.15, 0.2) is 42.5 Å². The van der Waals surface area contributed by atoms with E-state index in [9.17, 15) is 9.59 Å². The van der Waals surface area contributed by atoms with Crippen molar-refractivity contribution in [2.24, 2.45) is 0 Å². The quantitative estimate of drug-likeness (QED) is 0.698. The van der Waals surface area contributed by atoms with Crippen LogP contribution >= 0.6 is 0 Å². The number of carboxylic acids is 1. The van der Waals surface area contributed by atoms with Crippen LogP contribution in [-0.4, -0.2) is 31.2 Å². The van der Waals surface area contributed by atoms with Gasteiger partial charge in [-0.1, -0.05) is 31.0 Å². The molecule has 2 N–H and O–H groups in total. The number of amides is 1. The summed E-state index contributed by atoms with van der Waals surface area (Å²) in [7, 11) is 3.18. The molecule has 0 unspecified atom stereocenters. The SMILES string of the molecule is COc1ccc(C2(C(=O)Nc3cccc(CCC(=O)O)c3)CCCC2)cc1OC. The highest BCUT2D eigenvalue weighted by atomic mass is 16.5. The van der Waals surface area contributed by atoms with Gasteiger partial charge >= 0.3 is 5.97 Å². The molecule has 1 amide bonds. The fourth-order valence-corrected chi connectivity index (χ4v) is 4.07. The van der Waals surface area contributed by atoms with Crippen LogP contribution < -0.4 is 14.8 Å². The summed E-state index contributed by atoms with van der Waals surface area (Å²) in [6.45, 7) is 0. The van der Waals surface area contributed by atoms with Crippen molar-refractivity contribution in [2.75, 3.05) is 19.5 Å². The molecule has 1 aliphatic rings. The number of benzene rings is 2. The van der Waals surface area contributed by atoms with E-state index in [4.69, 9.17) is 14.6 Å². The lowest BCUT2D eigenvalue weighted by Crippen LogP contribution is -2.38. The van der Waals surface area contributed by atoms with Crippen molar-refractivity contribution >= 4 is 17.6 Å². The van der Waals surface area contributed by atoms with Crippen LogP contribution in [0.4, 0.5) is 5.69 Å². The van der Waals surface area contributed by atoms with Crippen molar-refractivity contribution in [1.82, 2.24) is 0 Å². The van der Waals surface area contributed by atoms with Gasteiger partial charge in [-0.3, -0.25) is 9.59 Å². The van der Waals surface area contributed by atoms with Crippen LogP contribution in [0.3, 0.4) is 0 Å². The maximum Gasteiger partial charge on any atom is 0.303 e. The van der Waals surface area contributed by atoms with Gasteiger partial charge in [0.15, 0.2) is 11.5 Å². The van der Waals surface area contributed by atoms with Gasteiger partial charge in [-0.25, -0.2) is 0 Å². The molecule has 3 rings (SSSR count). The third-order valence-corrected chi connectivity index (χ3v) is 5.64. The van der Waals surface area contributed by atoms with Gasteiger partial charge < -0.3 is 19.9 Å². The summed E-state index contributed by atoms with van der Waals surface area (Å²) >= 11 is 0. The summed E-state index contributed by atoms with van der Waals surface area (Å²) in [5, 5.41) is 11.9. The Labute approximate surface area is 170 Å². The van der Waals surface area contributed by atoms with Crippen LogP contribution in [0.25, 0.3) is 0 Å². The Morgan fingerprint density at radius 1 is 1.03 bits per heavy atom. The molecule has 2 aromatic rings. The summed E-state index contributed by atoms with van der Waals surface area (Å²) in [6, 6.07) is 13.1. The first-order chi connectivity index (χ1) is 14.0. The van der Waals surface area contributed by atoms with Crippen molar-refractivity contribution in [1.29, 1.82) is 0 Å². The van der Waals surface area contributed by atoms with Crippen molar-refractivity contribution in [3.63, 3.8) is 0 Å². The fourth-order valence-electron chi connectivity index (χ4n) is 4.07. The van der Waals surface area contributed by atoms with Gasteiger partial charge in [-0.2, -0.15) is 0 Å². The standard InChI is InChI=1S/C23H27NO5/c1-28-19-10-9-17(15-20(19)29-2)23(12-3-4-13-23)22(27)24-18-7-5-6-16(14-18)8-11-21(25)26/h5-7,9-10,14-15H,3-4,8,11-13H2,1-2H3,(H,24,27)(H,25,26). The summed E-state index contributed by atoms with van der Waals surface area (Å²) in [6.07, 6.45) is 4.01. The first kappa shape index (κ1) is 20.7. The van der Waals surface area contributed by atoms with Crippen molar-refractivity contribution in [3.05, 3.63) is 53.6 Å². The molecule has 0 bridgehead atoms. The predicted molar refractivity (Wildman–Crippen MR) is 111 cm³/mol. The van der Waals surface area contributed by atoms with Gasteiger partial charge in [0, 0.05) is 12.1 Å². The lowest BCUT2D eigenvalue weighted by Gasteiger charge is -2.29. The second-order valence-electron chi connectivity index (χ2n) is 7.41. The molecule has 0 atom stereocenters. The van der Waals surface area contributed by atoms with E-state index in [1.54, 1.807) is 14.2 Å². The summed E-state index contributed by atoms with van der Waals surface area (Å²) in [5.41, 5.74) is 1.88. The van der Waals surface area contributed by atoms with Gasteiger partial charge in [0.1, 0.15) is 0 Å². The zero-order chi connectivity index (χ0) is 20.9. The second-order valence-corrected chi connectivity index (χ2v) is 7.41. The molecule has 29 heavy (non-hydrogen) atoms. The van der Waals surface area contributed by atoms with Gasteiger partial charge in [0.25, 0.3) is 0 Å². The molecule has 0 radical (unpaired) electrons. The van der Waals surface area contributed by atoms with Crippen LogP contribution in [0.2, 0.25) is 0 Å². The number of carbonyl (C=O) groups excluding carboxylic acids is 1. The molecule has 1 saturated carbocycles. The largest absolute Gasteiger partial charge is 0.493 e. The molecule has 0 aliphatic heterocycles. The first-order valence-electron chi connectivity index (χ1n) is 9.83. The van der Waals surface area contributed by atoms with Crippen molar-refractivity contribution in [2.45, 2.75) is 43.9 Å². The summed E-state index contributed by atoms with van der Waals surface area (Å²) in [4.78, 5) is 24.2. The third kappa shape index (κ3) is 4.53. The number of aliphatic carboxylic acids is 1. The molecule has 0 heterocycles. The van der Waals surface area contributed by atoms with E-state index in [-0.39, 0.29) is 12.3 Å². The van der Waals surface area contributed by atoms with E-state index in [1.807, 2.05) is 42.5 Å². The molecule has 2 aromatic carbocycles. The first-order valence-corrected chi connectivity index (χ1v) is 9.83. The van der Waals surface area contributed by atoms with E-state index in [1.165, 1.54) is 0 Å². The molecule has 6 heteroatoms. The molecule has 154 valence electrons. The lowest BCUT2D eigenvalue weighted by molar-refractivity contribution is -0.137. The molecule has 1 fully saturated rings. The van der Waals surface area contributed by atoms with Crippen molar-refractivity contribution < 1.29 is 24.2 Å².